The number of likely N-dealkylation sites (N-methyl/N-ethyl adjacent to an activating group) is 1. The lowest BCUT2D eigenvalue weighted by Crippen LogP contribution is -2.51. The van der Waals surface area contributed by atoms with Crippen LogP contribution in [0.3, 0.4) is 0 Å². The Labute approximate surface area is 87.0 Å². The van der Waals surface area contributed by atoms with Crippen LogP contribution in [-0.2, 0) is 4.74 Å². The van der Waals surface area contributed by atoms with Crippen molar-refractivity contribution in [3.05, 3.63) is 0 Å². The SMILES string of the molecule is CC(C)N1CC2OCCN(C)C2C1C. The second kappa shape index (κ2) is 3.80. The summed E-state index contributed by atoms with van der Waals surface area (Å²) < 4.78 is 5.84. The zero-order chi connectivity index (χ0) is 10.3. The standard InChI is InChI=1S/C11H22N2O/c1-8(2)13-7-10-11(9(13)3)12(4)5-6-14-10/h8-11H,5-7H2,1-4H3. The van der Waals surface area contributed by atoms with Gasteiger partial charge in [-0.25, -0.2) is 0 Å². The molecule has 2 saturated heterocycles. The molecule has 0 amide bonds. The van der Waals surface area contributed by atoms with Crippen molar-refractivity contribution in [3.63, 3.8) is 0 Å². The lowest BCUT2D eigenvalue weighted by Gasteiger charge is -2.37. The third-order valence-corrected chi connectivity index (χ3v) is 3.74. The van der Waals surface area contributed by atoms with Gasteiger partial charge in [0.05, 0.1) is 18.8 Å². The van der Waals surface area contributed by atoms with E-state index in [1.165, 1.54) is 0 Å². The quantitative estimate of drug-likeness (QED) is 0.620. The Morgan fingerprint density at radius 2 is 2.07 bits per heavy atom. The van der Waals surface area contributed by atoms with E-state index in [1.807, 2.05) is 0 Å². The average Bonchev–Trinajstić information content (AvgIpc) is 2.45. The van der Waals surface area contributed by atoms with Crippen molar-refractivity contribution in [2.24, 2.45) is 0 Å². The molecule has 0 aromatic carbocycles. The zero-order valence-electron chi connectivity index (χ0n) is 9.73. The lowest BCUT2D eigenvalue weighted by molar-refractivity contribution is -0.0422. The number of hydrogen-bond acceptors (Lipinski definition) is 3. The van der Waals surface area contributed by atoms with Crippen LogP contribution >= 0.6 is 0 Å². The predicted molar refractivity (Wildman–Crippen MR) is 57.5 cm³/mol. The minimum Gasteiger partial charge on any atom is -0.374 e. The van der Waals surface area contributed by atoms with Crippen LogP contribution in [0.1, 0.15) is 20.8 Å². The Hall–Kier alpha value is -0.120. The fourth-order valence-corrected chi connectivity index (χ4v) is 2.97. The van der Waals surface area contributed by atoms with Crippen LogP contribution in [0.5, 0.6) is 0 Å². The Bertz CT molecular complexity index is 207. The molecule has 2 fully saturated rings. The van der Waals surface area contributed by atoms with Gasteiger partial charge >= 0.3 is 0 Å². The number of ether oxygens (including phenoxy) is 1. The fourth-order valence-electron chi connectivity index (χ4n) is 2.97. The van der Waals surface area contributed by atoms with Crippen molar-refractivity contribution in [1.82, 2.24) is 9.80 Å². The summed E-state index contributed by atoms with van der Waals surface area (Å²) in [6, 6.07) is 1.86. The van der Waals surface area contributed by atoms with Gasteiger partial charge in [0.15, 0.2) is 0 Å². The van der Waals surface area contributed by atoms with Gasteiger partial charge in [0.1, 0.15) is 0 Å². The molecule has 3 unspecified atom stereocenters. The molecular weight excluding hydrogens is 176 g/mol. The Morgan fingerprint density at radius 1 is 1.36 bits per heavy atom. The summed E-state index contributed by atoms with van der Waals surface area (Å²) in [7, 11) is 2.22. The number of hydrogen-bond donors (Lipinski definition) is 0. The summed E-state index contributed by atoms with van der Waals surface area (Å²) >= 11 is 0. The first-order valence-electron chi connectivity index (χ1n) is 5.69. The Balaban J connectivity index is 2.11. The molecule has 0 saturated carbocycles. The molecule has 0 radical (unpaired) electrons. The number of rotatable bonds is 1. The van der Waals surface area contributed by atoms with Crippen molar-refractivity contribution < 1.29 is 4.74 Å². The maximum atomic E-state index is 5.84. The molecule has 82 valence electrons. The molecule has 14 heavy (non-hydrogen) atoms. The molecule has 2 rings (SSSR count). The van der Waals surface area contributed by atoms with E-state index < -0.39 is 0 Å². The van der Waals surface area contributed by atoms with E-state index in [0.29, 0.717) is 24.2 Å². The Morgan fingerprint density at radius 3 is 2.64 bits per heavy atom. The van der Waals surface area contributed by atoms with E-state index in [0.717, 1.165) is 19.7 Å². The van der Waals surface area contributed by atoms with Crippen molar-refractivity contribution in [2.75, 3.05) is 26.7 Å². The topological polar surface area (TPSA) is 15.7 Å². The van der Waals surface area contributed by atoms with Gasteiger partial charge in [-0.15, -0.1) is 0 Å². The van der Waals surface area contributed by atoms with Crippen LogP contribution < -0.4 is 0 Å². The molecule has 2 aliphatic heterocycles. The van der Waals surface area contributed by atoms with Crippen LogP contribution in [-0.4, -0.2) is 60.8 Å². The van der Waals surface area contributed by atoms with Gasteiger partial charge < -0.3 is 4.74 Å². The number of fused-ring (bicyclic) bond motifs is 1. The van der Waals surface area contributed by atoms with Gasteiger partial charge in [-0.2, -0.15) is 0 Å². The van der Waals surface area contributed by atoms with Gasteiger partial charge in [-0.05, 0) is 27.8 Å². The average molecular weight is 198 g/mol. The lowest BCUT2D eigenvalue weighted by atomic mass is 10.1. The van der Waals surface area contributed by atoms with Gasteiger partial charge in [-0.3, -0.25) is 9.80 Å². The Kier molecular flexibility index (Phi) is 2.82. The van der Waals surface area contributed by atoms with E-state index in [-0.39, 0.29) is 0 Å². The fraction of sp³-hybridized carbons (Fsp3) is 1.00. The van der Waals surface area contributed by atoms with E-state index in [2.05, 4.69) is 37.6 Å². The van der Waals surface area contributed by atoms with Gasteiger partial charge in [-0.1, -0.05) is 0 Å². The minimum absolute atomic E-state index is 0.436. The molecule has 2 aliphatic rings. The second-order valence-electron chi connectivity index (χ2n) is 4.91. The van der Waals surface area contributed by atoms with Crippen molar-refractivity contribution in [1.29, 1.82) is 0 Å². The highest BCUT2D eigenvalue weighted by Crippen LogP contribution is 2.28. The molecule has 0 aliphatic carbocycles. The number of morpholine rings is 1. The largest absolute Gasteiger partial charge is 0.374 e. The zero-order valence-corrected chi connectivity index (χ0v) is 9.73. The van der Waals surface area contributed by atoms with E-state index in [1.54, 1.807) is 0 Å². The molecule has 0 aromatic heterocycles. The monoisotopic (exact) mass is 198 g/mol. The molecule has 3 atom stereocenters. The summed E-state index contributed by atoms with van der Waals surface area (Å²) in [5, 5.41) is 0. The molecule has 0 aromatic rings. The smallest absolute Gasteiger partial charge is 0.0872 e. The third kappa shape index (κ3) is 1.58. The van der Waals surface area contributed by atoms with Crippen LogP contribution in [0.2, 0.25) is 0 Å². The molecule has 0 spiro atoms. The van der Waals surface area contributed by atoms with E-state index in [4.69, 9.17) is 4.74 Å². The van der Waals surface area contributed by atoms with Crippen LogP contribution in [0.4, 0.5) is 0 Å². The highest BCUT2D eigenvalue weighted by Gasteiger charge is 2.44. The highest BCUT2D eigenvalue weighted by atomic mass is 16.5. The summed E-state index contributed by atoms with van der Waals surface area (Å²) in [6.07, 6.45) is 0.436. The maximum absolute atomic E-state index is 5.84. The van der Waals surface area contributed by atoms with Gasteiger partial charge in [0.2, 0.25) is 0 Å². The molecule has 0 bridgehead atoms. The normalized spacial score (nSPS) is 40.5. The first-order valence-corrected chi connectivity index (χ1v) is 5.69. The van der Waals surface area contributed by atoms with Crippen molar-refractivity contribution in [3.8, 4) is 0 Å². The van der Waals surface area contributed by atoms with Crippen LogP contribution in [0.25, 0.3) is 0 Å². The highest BCUT2D eigenvalue weighted by molar-refractivity contribution is 4.99. The second-order valence-corrected chi connectivity index (χ2v) is 4.91. The van der Waals surface area contributed by atoms with Crippen LogP contribution in [0.15, 0.2) is 0 Å². The van der Waals surface area contributed by atoms with E-state index >= 15 is 0 Å². The van der Waals surface area contributed by atoms with Crippen molar-refractivity contribution >= 4 is 0 Å². The molecular formula is C11H22N2O. The van der Waals surface area contributed by atoms with Crippen molar-refractivity contribution in [2.45, 2.75) is 45.0 Å². The molecule has 2 heterocycles. The van der Waals surface area contributed by atoms with Gasteiger partial charge in [0.25, 0.3) is 0 Å². The summed E-state index contributed by atoms with van der Waals surface area (Å²) in [6.45, 7) is 9.96. The summed E-state index contributed by atoms with van der Waals surface area (Å²) in [4.78, 5) is 5.01. The third-order valence-electron chi connectivity index (χ3n) is 3.74. The first kappa shape index (κ1) is 10.4. The molecule has 3 heteroatoms. The summed E-state index contributed by atoms with van der Waals surface area (Å²) in [5.74, 6) is 0. The van der Waals surface area contributed by atoms with Gasteiger partial charge in [0, 0.05) is 25.2 Å². The summed E-state index contributed by atoms with van der Waals surface area (Å²) in [5.41, 5.74) is 0. The maximum Gasteiger partial charge on any atom is 0.0872 e. The van der Waals surface area contributed by atoms with Crippen LogP contribution in [0, 0.1) is 0 Å². The van der Waals surface area contributed by atoms with E-state index in [9.17, 15) is 0 Å². The molecule has 0 N–H and O–H groups in total. The number of likely N-dealkylation sites (tertiary alicyclic amines) is 1. The number of nitrogens with zero attached hydrogens (tertiary/aromatic N) is 2. The first-order chi connectivity index (χ1) is 6.61. The molecule has 3 nitrogen and oxygen atoms in total. The minimum atomic E-state index is 0.436. The predicted octanol–water partition coefficient (Wildman–Crippen LogP) is 0.798.